The summed E-state index contributed by atoms with van der Waals surface area (Å²) in [6, 6.07) is 19.6. The molecule has 0 radical (unpaired) electrons. The zero-order chi connectivity index (χ0) is 19.6. The number of nitrogens with one attached hydrogen (secondary N) is 1. The predicted octanol–water partition coefficient (Wildman–Crippen LogP) is 3.49. The maximum absolute atomic E-state index is 12.9. The Kier molecular flexibility index (Phi) is 4.75. The van der Waals surface area contributed by atoms with Gasteiger partial charge in [-0.15, -0.1) is 0 Å². The zero-order valence-corrected chi connectivity index (χ0v) is 15.6. The highest BCUT2D eigenvalue weighted by Gasteiger charge is 2.22. The fraction of sp³-hybridized carbons (Fsp3) is 0.0952. The SMILES string of the molecule is O=C(c1ccccc1)c1ccccc1NS(=O)(=O)c1ccc2c(c1)OCCO2. The molecule has 7 heteroatoms. The van der Waals surface area contributed by atoms with Crippen molar-refractivity contribution in [3.8, 4) is 11.5 Å². The molecule has 4 rings (SSSR count). The molecule has 0 fully saturated rings. The van der Waals surface area contributed by atoms with E-state index in [9.17, 15) is 13.2 Å². The van der Waals surface area contributed by atoms with Crippen molar-refractivity contribution in [2.45, 2.75) is 4.90 Å². The van der Waals surface area contributed by atoms with Gasteiger partial charge in [0.25, 0.3) is 10.0 Å². The second kappa shape index (κ2) is 7.36. The number of benzene rings is 3. The molecular weight excluding hydrogens is 378 g/mol. The molecule has 0 amide bonds. The van der Waals surface area contributed by atoms with E-state index in [0.29, 0.717) is 30.3 Å². The standard InChI is InChI=1S/C21H17NO5S/c23-21(15-6-2-1-3-7-15)17-8-4-5-9-18(17)22-28(24,25)16-10-11-19-20(14-16)27-13-12-26-19/h1-11,14,22H,12-13H2. The van der Waals surface area contributed by atoms with Crippen LogP contribution in [0.3, 0.4) is 0 Å². The summed E-state index contributed by atoms with van der Waals surface area (Å²) in [4.78, 5) is 12.8. The zero-order valence-electron chi connectivity index (χ0n) is 14.8. The first-order valence-corrected chi connectivity index (χ1v) is 10.1. The summed E-state index contributed by atoms with van der Waals surface area (Å²) in [5.41, 5.74) is 0.967. The van der Waals surface area contributed by atoms with Crippen LogP contribution in [0.2, 0.25) is 0 Å². The van der Waals surface area contributed by atoms with E-state index in [-0.39, 0.29) is 21.9 Å². The van der Waals surface area contributed by atoms with Crippen LogP contribution in [0, 0.1) is 0 Å². The number of para-hydroxylation sites is 1. The number of rotatable bonds is 5. The molecular formula is C21H17NO5S. The van der Waals surface area contributed by atoms with Gasteiger partial charge in [-0.1, -0.05) is 42.5 Å². The maximum atomic E-state index is 12.9. The van der Waals surface area contributed by atoms with E-state index in [0.717, 1.165) is 0 Å². The molecule has 0 aromatic heterocycles. The van der Waals surface area contributed by atoms with Gasteiger partial charge in [0.2, 0.25) is 0 Å². The molecule has 0 bridgehead atoms. The minimum absolute atomic E-state index is 0.0266. The fourth-order valence-electron chi connectivity index (χ4n) is 2.91. The third-order valence-corrected chi connectivity index (χ3v) is 5.64. The van der Waals surface area contributed by atoms with Crippen LogP contribution in [0.15, 0.2) is 77.7 Å². The molecule has 3 aromatic rings. The Labute approximate surface area is 162 Å². The van der Waals surface area contributed by atoms with Crippen LogP contribution in [-0.4, -0.2) is 27.4 Å². The highest BCUT2D eigenvalue weighted by atomic mass is 32.2. The van der Waals surface area contributed by atoms with Gasteiger partial charge in [0.05, 0.1) is 10.6 Å². The third kappa shape index (κ3) is 3.57. The van der Waals surface area contributed by atoms with Gasteiger partial charge in [-0.2, -0.15) is 0 Å². The first-order chi connectivity index (χ1) is 13.5. The molecule has 0 saturated heterocycles. The Hall–Kier alpha value is -3.32. The number of carbonyl (C=O) groups is 1. The number of anilines is 1. The van der Waals surface area contributed by atoms with Crippen LogP contribution in [-0.2, 0) is 10.0 Å². The molecule has 0 spiro atoms. The van der Waals surface area contributed by atoms with Crippen molar-refractivity contribution in [3.63, 3.8) is 0 Å². The molecule has 0 aliphatic carbocycles. The predicted molar refractivity (Wildman–Crippen MR) is 105 cm³/mol. The lowest BCUT2D eigenvalue weighted by Crippen LogP contribution is -2.18. The van der Waals surface area contributed by atoms with Crippen molar-refractivity contribution in [2.75, 3.05) is 17.9 Å². The summed E-state index contributed by atoms with van der Waals surface area (Å²) < 4.78 is 39.2. The summed E-state index contributed by atoms with van der Waals surface area (Å²) in [5.74, 6) is 0.619. The van der Waals surface area contributed by atoms with Gasteiger partial charge in [0.15, 0.2) is 17.3 Å². The van der Waals surface area contributed by atoms with Gasteiger partial charge in [0, 0.05) is 17.2 Å². The number of hydrogen-bond donors (Lipinski definition) is 1. The lowest BCUT2D eigenvalue weighted by Gasteiger charge is -2.19. The average Bonchev–Trinajstić information content (AvgIpc) is 2.73. The van der Waals surface area contributed by atoms with Gasteiger partial charge in [-0.05, 0) is 24.3 Å². The molecule has 1 aliphatic rings. The Bertz CT molecular complexity index is 1130. The number of ether oxygens (including phenoxy) is 2. The summed E-state index contributed by atoms with van der Waals surface area (Å²) in [6.45, 7) is 0.782. The van der Waals surface area contributed by atoms with Crippen molar-refractivity contribution < 1.29 is 22.7 Å². The first-order valence-electron chi connectivity index (χ1n) is 8.66. The Morgan fingerprint density at radius 2 is 1.50 bits per heavy atom. The number of ketones is 1. The van der Waals surface area contributed by atoms with Gasteiger partial charge in [-0.25, -0.2) is 8.42 Å². The number of hydrogen-bond acceptors (Lipinski definition) is 5. The van der Waals surface area contributed by atoms with Crippen LogP contribution in [0.5, 0.6) is 11.5 Å². The van der Waals surface area contributed by atoms with Crippen LogP contribution < -0.4 is 14.2 Å². The summed E-state index contributed by atoms with van der Waals surface area (Å²) in [5, 5.41) is 0. The molecule has 28 heavy (non-hydrogen) atoms. The third-order valence-electron chi connectivity index (χ3n) is 4.28. The summed E-state index contributed by atoms with van der Waals surface area (Å²) in [6.07, 6.45) is 0. The summed E-state index contributed by atoms with van der Waals surface area (Å²) in [7, 11) is -3.92. The van der Waals surface area contributed by atoms with Gasteiger partial charge < -0.3 is 9.47 Å². The molecule has 0 saturated carbocycles. The topological polar surface area (TPSA) is 81.7 Å². The van der Waals surface area contributed by atoms with E-state index in [2.05, 4.69) is 4.72 Å². The number of carbonyl (C=O) groups excluding carboxylic acids is 1. The van der Waals surface area contributed by atoms with Crippen molar-refractivity contribution in [2.24, 2.45) is 0 Å². The number of fused-ring (bicyclic) bond motifs is 1. The van der Waals surface area contributed by atoms with Gasteiger partial charge >= 0.3 is 0 Å². The monoisotopic (exact) mass is 395 g/mol. The van der Waals surface area contributed by atoms with Crippen LogP contribution >= 0.6 is 0 Å². The smallest absolute Gasteiger partial charge is 0.262 e. The lowest BCUT2D eigenvalue weighted by atomic mass is 10.0. The molecule has 0 unspecified atom stereocenters. The molecule has 0 atom stereocenters. The summed E-state index contributed by atoms with van der Waals surface area (Å²) >= 11 is 0. The van der Waals surface area contributed by atoms with E-state index >= 15 is 0 Å². The second-order valence-corrected chi connectivity index (χ2v) is 7.83. The van der Waals surface area contributed by atoms with Crippen LogP contribution in [0.4, 0.5) is 5.69 Å². The average molecular weight is 395 g/mol. The quantitative estimate of drug-likeness (QED) is 0.669. The van der Waals surface area contributed by atoms with Crippen LogP contribution in [0.1, 0.15) is 15.9 Å². The molecule has 1 heterocycles. The minimum Gasteiger partial charge on any atom is -0.486 e. The molecule has 3 aromatic carbocycles. The van der Waals surface area contributed by atoms with Crippen molar-refractivity contribution >= 4 is 21.5 Å². The van der Waals surface area contributed by atoms with E-state index in [1.807, 2.05) is 6.07 Å². The van der Waals surface area contributed by atoms with E-state index < -0.39 is 10.0 Å². The Morgan fingerprint density at radius 1 is 0.821 bits per heavy atom. The van der Waals surface area contributed by atoms with Crippen molar-refractivity contribution in [1.29, 1.82) is 0 Å². The van der Waals surface area contributed by atoms with Crippen LogP contribution in [0.25, 0.3) is 0 Å². The second-order valence-electron chi connectivity index (χ2n) is 6.15. The molecule has 6 nitrogen and oxygen atoms in total. The molecule has 1 aliphatic heterocycles. The first kappa shape index (κ1) is 18.1. The molecule has 142 valence electrons. The normalized spacial score (nSPS) is 13.0. The maximum Gasteiger partial charge on any atom is 0.262 e. The van der Waals surface area contributed by atoms with Crippen molar-refractivity contribution in [3.05, 3.63) is 83.9 Å². The van der Waals surface area contributed by atoms with E-state index in [1.54, 1.807) is 54.6 Å². The minimum atomic E-state index is -3.92. The highest BCUT2D eigenvalue weighted by Crippen LogP contribution is 2.33. The Morgan fingerprint density at radius 3 is 2.29 bits per heavy atom. The molecule has 1 N–H and O–H groups in total. The van der Waals surface area contributed by atoms with E-state index in [1.165, 1.54) is 12.1 Å². The van der Waals surface area contributed by atoms with E-state index in [4.69, 9.17) is 9.47 Å². The lowest BCUT2D eigenvalue weighted by molar-refractivity contribution is 0.103. The number of sulfonamides is 1. The van der Waals surface area contributed by atoms with Crippen molar-refractivity contribution in [1.82, 2.24) is 0 Å². The van der Waals surface area contributed by atoms with Gasteiger partial charge in [0.1, 0.15) is 13.2 Å². The Balaban J connectivity index is 1.67. The van der Waals surface area contributed by atoms with Gasteiger partial charge in [-0.3, -0.25) is 9.52 Å². The highest BCUT2D eigenvalue weighted by molar-refractivity contribution is 7.92. The fourth-order valence-corrected chi connectivity index (χ4v) is 4.00. The largest absolute Gasteiger partial charge is 0.486 e.